The van der Waals surface area contributed by atoms with Gasteiger partial charge in [-0.15, -0.1) is 0 Å². The van der Waals surface area contributed by atoms with Crippen molar-refractivity contribution in [1.29, 1.82) is 0 Å². The molecule has 0 amide bonds. The first kappa shape index (κ1) is 15.1. The molecule has 6 nitrogen and oxygen atoms in total. The number of nitrogens with one attached hydrogen (secondary N) is 1. The fourth-order valence-electron chi connectivity index (χ4n) is 2.41. The van der Waals surface area contributed by atoms with Crippen LogP contribution in [0.1, 0.15) is 12.8 Å². The van der Waals surface area contributed by atoms with E-state index in [0.29, 0.717) is 17.3 Å². The van der Waals surface area contributed by atoms with Crippen molar-refractivity contribution < 1.29 is 17.7 Å². The normalized spacial score (nSPS) is 16.4. The molecule has 1 aliphatic carbocycles. The SMILES string of the molecule is COC(CS(=O)(=O)Nc1cccc(-c2ccon2)c1)C1CC1. The Morgan fingerprint density at radius 1 is 1.41 bits per heavy atom. The molecule has 0 spiro atoms. The Morgan fingerprint density at radius 3 is 2.86 bits per heavy atom. The molecule has 1 aliphatic rings. The highest BCUT2D eigenvalue weighted by Gasteiger charge is 2.34. The number of hydrogen-bond donors (Lipinski definition) is 1. The Morgan fingerprint density at radius 2 is 2.23 bits per heavy atom. The standard InChI is InChI=1S/C15H18N2O4S/c1-20-15(11-5-6-11)10-22(18,19)17-13-4-2-3-12(9-13)14-7-8-21-16-14/h2-4,7-9,11,15,17H,5-6,10H2,1H3. The number of benzene rings is 1. The number of sulfonamides is 1. The van der Waals surface area contributed by atoms with E-state index in [9.17, 15) is 8.42 Å². The predicted octanol–water partition coefficient (Wildman–Crippen LogP) is 2.51. The van der Waals surface area contributed by atoms with Gasteiger partial charge in [0.1, 0.15) is 12.0 Å². The van der Waals surface area contributed by atoms with E-state index in [4.69, 9.17) is 9.26 Å². The fourth-order valence-corrected chi connectivity index (χ4v) is 3.82. The minimum Gasteiger partial charge on any atom is -0.380 e. The van der Waals surface area contributed by atoms with Gasteiger partial charge < -0.3 is 9.26 Å². The monoisotopic (exact) mass is 322 g/mol. The second-order valence-electron chi connectivity index (χ2n) is 5.46. The number of anilines is 1. The van der Waals surface area contributed by atoms with Crippen LogP contribution in [-0.4, -0.2) is 32.5 Å². The van der Waals surface area contributed by atoms with Crippen LogP contribution in [0.3, 0.4) is 0 Å². The average Bonchev–Trinajstić information content (AvgIpc) is 3.18. The fraction of sp³-hybridized carbons (Fsp3) is 0.400. The van der Waals surface area contributed by atoms with Gasteiger partial charge >= 0.3 is 0 Å². The Hall–Kier alpha value is -1.86. The number of hydrogen-bond acceptors (Lipinski definition) is 5. The summed E-state index contributed by atoms with van der Waals surface area (Å²) in [5, 5.41) is 3.84. The lowest BCUT2D eigenvalue weighted by atomic mass is 10.1. The molecule has 22 heavy (non-hydrogen) atoms. The van der Waals surface area contributed by atoms with Crippen LogP contribution in [0.4, 0.5) is 5.69 Å². The highest BCUT2D eigenvalue weighted by Crippen LogP contribution is 2.34. The second kappa shape index (κ2) is 6.10. The second-order valence-corrected chi connectivity index (χ2v) is 7.23. The molecule has 1 heterocycles. The van der Waals surface area contributed by atoms with E-state index in [1.165, 1.54) is 6.26 Å². The van der Waals surface area contributed by atoms with E-state index in [-0.39, 0.29) is 11.9 Å². The Labute approximate surface area is 129 Å². The van der Waals surface area contributed by atoms with E-state index >= 15 is 0 Å². The Bertz CT molecular complexity index is 724. The van der Waals surface area contributed by atoms with Crippen LogP contribution >= 0.6 is 0 Å². The maximum atomic E-state index is 12.3. The van der Waals surface area contributed by atoms with Gasteiger partial charge in [-0.05, 0) is 30.9 Å². The number of nitrogens with zero attached hydrogens (tertiary/aromatic N) is 1. The lowest BCUT2D eigenvalue weighted by molar-refractivity contribution is 0.103. The van der Waals surface area contributed by atoms with Crippen molar-refractivity contribution in [2.24, 2.45) is 5.92 Å². The van der Waals surface area contributed by atoms with E-state index in [0.717, 1.165) is 18.4 Å². The van der Waals surface area contributed by atoms with Gasteiger partial charge in [-0.1, -0.05) is 17.3 Å². The van der Waals surface area contributed by atoms with Crippen LogP contribution in [0.15, 0.2) is 41.1 Å². The van der Waals surface area contributed by atoms with Crippen molar-refractivity contribution in [3.05, 3.63) is 36.6 Å². The third-order valence-corrected chi connectivity index (χ3v) is 5.02. The van der Waals surface area contributed by atoms with Gasteiger partial charge in [-0.3, -0.25) is 4.72 Å². The van der Waals surface area contributed by atoms with Gasteiger partial charge in [0.05, 0.1) is 11.9 Å². The molecular weight excluding hydrogens is 304 g/mol. The van der Waals surface area contributed by atoms with E-state index in [1.54, 1.807) is 31.4 Å². The molecule has 0 saturated heterocycles. The molecule has 0 radical (unpaired) electrons. The molecule has 1 unspecified atom stereocenters. The van der Waals surface area contributed by atoms with Gasteiger partial charge in [0.15, 0.2) is 0 Å². The van der Waals surface area contributed by atoms with E-state index < -0.39 is 10.0 Å². The zero-order chi connectivity index (χ0) is 15.6. The summed E-state index contributed by atoms with van der Waals surface area (Å²) < 4.78 is 37.2. The summed E-state index contributed by atoms with van der Waals surface area (Å²) in [5.41, 5.74) is 1.96. The molecule has 3 rings (SSSR count). The Kier molecular flexibility index (Phi) is 4.17. The number of ether oxygens (including phenoxy) is 1. The van der Waals surface area contributed by atoms with Crippen molar-refractivity contribution >= 4 is 15.7 Å². The zero-order valence-corrected chi connectivity index (χ0v) is 13.0. The molecule has 118 valence electrons. The van der Waals surface area contributed by atoms with Crippen LogP contribution in [0, 0.1) is 5.92 Å². The summed E-state index contributed by atoms with van der Waals surface area (Å²) in [7, 11) is -1.90. The summed E-state index contributed by atoms with van der Waals surface area (Å²) in [4.78, 5) is 0. The lowest BCUT2D eigenvalue weighted by Crippen LogP contribution is -2.29. The van der Waals surface area contributed by atoms with Gasteiger partial charge in [0.25, 0.3) is 0 Å². The summed E-state index contributed by atoms with van der Waals surface area (Å²) in [6.07, 6.45) is 3.31. The van der Waals surface area contributed by atoms with Crippen molar-refractivity contribution in [3.63, 3.8) is 0 Å². The number of aromatic nitrogens is 1. The van der Waals surface area contributed by atoms with Gasteiger partial charge in [-0.2, -0.15) is 0 Å². The molecule has 2 aromatic rings. The Balaban J connectivity index is 1.73. The minimum atomic E-state index is -3.46. The zero-order valence-electron chi connectivity index (χ0n) is 12.2. The first-order chi connectivity index (χ1) is 10.6. The van der Waals surface area contributed by atoms with Crippen LogP contribution in [0.2, 0.25) is 0 Å². The van der Waals surface area contributed by atoms with Crippen molar-refractivity contribution in [2.75, 3.05) is 17.6 Å². The highest BCUT2D eigenvalue weighted by molar-refractivity contribution is 7.92. The molecule has 0 aliphatic heterocycles. The molecule has 1 atom stereocenters. The lowest BCUT2D eigenvalue weighted by Gasteiger charge is -2.15. The summed E-state index contributed by atoms with van der Waals surface area (Å²) in [6, 6.07) is 8.78. The number of rotatable bonds is 7. The molecule has 7 heteroatoms. The highest BCUT2D eigenvalue weighted by atomic mass is 32.2. The third kappa shape index (κ3) is 3.66. The predicted molar refractivity (Wildman–Crippen MR) is 82.9 cm³/mol. The van der Waals surface area contributed by atoms with Crippen LogP contribution in [-0.2, 0) is 14.8 Å². The topological polar surface area (TPSA) is 81.4 Å². The van der Waals surface area contributed by atoms with Crippen LogP contribution in [0.25, 0.3) is 11.3 Å². The molecular formula is C15H18N2O4S. The van der Waals surface area contributed by atoms with Crippen molar-refractivity contribution in [2.45, 2.75) is 18.9 Å². The van der Waals surface area contributed by atoms with Gasteiger partial charge in [0, 0.05) is 24.4 Å². The van der Waals surface area contributed by atoms with Crippen LogP contribution < -0.4 is 4.72 Å². The maximum Gasteiger partial charge on any atom is 0.235 e. The van der Waals surface area contributed by atoms with Crippen molar-refractivity contribution in [3.8, 4) is 11.3 Å². The van der Waals surface area contributed by atoms with Crippen LogP contribution in [0.5, 0.6) is 0 Å². The molecule has 1 aromatic heterocycles. The minimum absolute atomic E-state index is 0.0254. The molecule has 1 N–H and O–H groups in total. The maximum absolute atomic E-state index is 12.3. The smallest absolute Gasteiger partial charge is 0.235 e. The largest absolute Gasteiger partial charge is 0.380 e. The number of methoxy groups -OCH3 is 1. The molecule has 1 aromatic carbocycles. The van der Waals surface area contributed by atoms with E-state index in [1.807, 2.05) is 6.07 Å². The van der Waals surface area contributed by atoms with Crippen molar-refractivity contribution in [1.82, 2.24) is 5.16 Å². The molecule has 1 fully saturated rings. The molecule has 1 saturated carbocycles. The van der Waals surface area contributed by atoms with E-state index in [2.05, 4.69) is 9.88 Å². The third-order valence-electron chi connectivity index (χ3n) is 3.70. The average molecular weight is 322 g/mol. The quantitative estimate of drug-likeness (QED) is 0.847. The first-order valence-corrected chi connectivity index (χ1v) is 8.77. The summed E-state index contributed by atoms with van der Waals surface area (Å²) >= 11 is 0. The first-order valence-electron chi connectivity index (χ1n) is 7.11. The summed E-state index contributed by atoms with van der Waals surface area (Å²) in [6.45, 7) is 0. The summed E-state index contributed by atoms with van der Waals surface area (Å²) in [5.74, 6) is 0.338. The van der Waals surface area contributed by atoms with Gasteiger partial charge in [0.2, 0.25) is 10.0 Å². The molecule has 0 bridgehead atoms. The van der Waals surface area contributed by atoms with Gasteiger partial charge in [-0.25, -0.2) is 8.42 Å².